The summed E-state index contributed by atoms with van der Waals surface area (Å²) in [7, 11) is -1.64. The van der Waals surface area contributed by atoms with Crippen LogP contribution < -0.4 is 10.6 Å². The normalized spacial score (nSPS) is 12.2. The number of benzene rings is 1. The molecule has 9 heteroatoms. The van der Waals surface area contributed by atoms with Crippen molar-refractivity contribution in [3.05, 3.63) is 42.5 Å². The van der Waals surface area contributed by atoms with Crippen LogP contribution in [0.2, 0.25) is 0 Å². The lowest BCUT2D eigenvalue weighted by Gasteiger charge is -2.13. The molecule has 8 nitrogen and oxygen atoms in total. The Hall–Kier alpha value is -2.42. The first-order chi connectivity index (χ1) is 12.1. The van der Waals surface area contributed by atoms with Crippen molar-refractivity contribution < 1.29 is 8.42 Å². The van der Waals surface area contributed by atoms with E-state index in [1.807, 2.05) is 11.5 Å². The Labute approximate surface area is 148 Å². The highest BCUT2D eigenvalue weighted by molar-refractivity contribution is 7.91. The lowest BCUT2D eigenvalue weighted by Crippen LogP contribution is -2.40. The number of aryl methyl sites for hydroxylation is 1. The van der Waals surface area contributed by atoms with Crippen molar-refractivity contribution in [3.63, 3.8) is 0 Å². The van der Waals surface area contributed by atoms with Crippen LogP contribution in [-0.2, 0) is 22.8 Å². The van der Waals surface area contributed by atoms with E-state index in [4.69, 9.17) is 0 Å². The van der Waals surface area contributed by atoms with Gasteiger partial charge < -0.3 is 15.2 Å². The standard InChI is InChI=1S/C16H24N6O2S/c1-3-15-21-20-13-22(15)11-9-18-16(17-2)19-10-12-25(23,24)14-7-5-4-6-8-14/h4-8,13H,3,9-12H2,1-2H3,(H2,17,18,19). The van der Waals surface area contributed by atoms with E-state index in [-0.39, 0.29) is 12.3 Å². The number of aliphatic imine (C=N–C) groups is 1. The van der Waals surface area contributed by atoms with Crippen molar-refractivity contribution in [3.8, 4) is 0 Å². The number of nitrogens with one attached hydrogen (secondary N) is 2. The maximum Gasteiger partial charge on any atom is 0.191 e. The maximum atomic E-state index is 12.2. The molecule has 2 N–H and O–H groups in total. The van der Waals surface area contributed by atoms with Crippen LogP contribution in [-0.4, -0.2) is 55.0 Å². The third-order valence-corrected chi connectivity index (χ3v) is 5.38. The summed E-state index contributed by atoms with van der Waals surface area (Å²) in [5.41, 5.74) is 0. The lowest BCUT2D eigenvalue weighted by molar-refractivity contribution is 0.594. The quantitative estimate of drug-likeness (QED) is 0.522. The molecule has 0 radical (unpaired) electrons. The first-order valence-electron chi connectivity index (χ1n) is 8.16. The smallest absolute Gasteiger partial charge is 0.191 e. The molecule has 2 rings (SSSR count). The van der Waals surface area contributed by atoms with Gasteiger partial charge in [-0.2, -0.15) is 0 Å². The zero-order valence-electron chi connectivity index (χ0n) is 14.5. The van der Waals surface area contributed by atoms with Gasteiger partial charge in [0.2, 0.25) is 0 Å². The van der Waals surface area contributed by atoms with Gasteiger partial charge in [0.1, 0.15) is 12.2 Å². The van der Waals surface area contributed by atoms with Crippen molar-refractivity contribution in [1.29, 1.82) is 0 Å². The number of hydrogen-bond donors (Lipinski definition) is 2. The molecule has 0 spiro atoms. The summed E-state index contributed by atoms with van der Waals surface area (Å²) >= 11 is 0. The Bertz CT molecular complexity index is 786. The minimum absolute atomic E-state index is 0.00311. The number of rotatable bonds is 8. The van der Waals surface area contributed by atoms with E-state index in [0.29, 0.717) is 23.9 Å². The Morgan fingerprint density at radius 1 is 1.20 bits per heavy atom. The highest BCUT2D eigenvalue weighted by Gasteiger charge is 2.13. The van der Waals surface area contributed by atoms with Crippen LogP contribution in [0.5, 0.6) is 0 Å². The van der Waals surface area contributed by atoms with Crippen LogP contribution in [0.1, 0.15) is 12.7 Å². The maximum absolute atomic E-state index is 12.2. The van der Waals surface area contributed by atoms with Crippen molar-refractivity contribution in [2.24, 2.45) is 4.99 Å². The molecule has 0 fully saturated rings. The van der Waals surface area contributed by atoms with E-state index >= 15 is 0 Å². The molecule has 0 aliphatic rings. The Kier molecular flexibility index (Phi) is 6.93. The van der Waals surface area contributed by atoms with Gasteiger partial charge in [-0.3, -0.25) is 4.99 Å². The fraction of sp³-hybridized carbons (Fsp3) is 0.438. The van der Waals surface area contributed by atoms with Gasteiger partial charge in [0.05, 0.1) is 10.6 Å². The second-order valence-electron chi connectivity index (χ2n) is 5.35. The molecule has 0 saturated carbocycles. The van der Waals surface area contributed by atoms with E-state index in [9.17, 15) is 8.42 Å². The van der Waals surface area contributed by atoms with Crippen molar-refractivity contribution in [1.82, 2.24) is 25.4 Å². The Morgan fingerprint density at radius 3 is 2.60 bits per heavy atom. The summed E-state index contributed by atoms with van der Waals surface area (Å²) in [5.74, 6) is 1.50. The lowest BCUT2D eigenvalue weighted by atomic mass is 10.4. The summed E-state index contributed by atoms with van der Waals surface area (Å²) in [6.07, 6.45) is 2.52. The Morgan fingerprint density at radius 2 is 1.92 bits per heavy atom. The molecule has 0 atom stereocenters. The third kappa shape index (κ3) is 5.56. The number of hydrogen-bond acceptors (Lipinski definition) is 5. The number of guanidine groups is 1. The molecule has 136 valence electrons. The zero-order valence-corrected chi connectivity index (χ0v) is 15.3. The van der Waals surface area contributed by atoms with Crippen molar-refractivity contribution in [2.45, 2.75) is 24.8 Å². The van der Waals surface area contributed by atoms with Gasteiger partial charge in [-0.1, -0.05) is 25.1 Å². The molecule has 0 saturated heterocycles. The second-order valence-corrected chi connectivity index (χ2v) is 7.46. The van der Waals surface area contributed by atoms with Crippen LogP contribution >= 0.6 is 0 Å². The van der Waals surface area contributed by atoms with Crippen LogP contribution in [0.15, 0.2) is 46.5 Å². The summed E-state index contributed by atoms with van der Waals surface area (Å²) in [5, 5.41) is 14.1. The fourth-order valence-electron chi connectivity index (χ4n) is 2.30. The van der Waals surface area contributed by atoms with E-state index in [2.05, 4.69) is 25.8 Å². The van der Waals surface area contributed by atoms with E-state index in [1.165, 1.54) is 0 Å². The molecule has 0 aliphatic carbocycles. The molecular formula is C16H24N6O2S. The van der Waals surface area contributed by atoms with Gasteiger partial charge in [0.15, 0.2) is 15.8 Å². The zero-order chi connectivity index (χ0) is 18.1. The average molecular weight is 364 g/mol. The minimum atomic E-state index is -3.30. The molecule has 0 amide bonds. The van der Waals surface area contributed by atoms with E-state index in [1.54, 1.807) is 43.7 Å². The molecular weight excluding hydrogens is 340 g/mol. The van der Waals surface area contributed by atoms with Gasteiger partial charge in [-0.15, -0.1) is 10.2 Å². The molecule has 1 aromatic heterocycles. The SMILES string of the molecule is CCc1nncn1CCNC(=NC)NCCS(=O)(=O)c1ccccc1. The second kappa shape index (κ2) is 9.16. The highest BCUT2D eigenvalue weighted by Crippen LogP contribution is 2.09. The van der Waals surface area contributed by atoms with Crippen molar-refractivity contribution in [2.75, 3.05) is 25.9 Å². The van der Waals surface area contributed by atoms with Gasteiger partial charge in [-0.05, 0) is 12.1 Å². The monoisotopic (exact) mass is 364 g/mol. The van der Waals surface area contributed by atoms with E-state index < -0.39 is 9.84 Å². The molecule has 1 aromatic carbocycles. The molecule has 25 heavy (non-hydrogen) atoms. The summed E-state index contributed by atoms with van der Waals surface area (Å²) < 4.78 is 26.4. The van der Waals surface area contributed by atoms with Gasteiger partial charge in [0, 0.05) is 33.1 Å². The predicted octanol–water partition coefficient (Wildman–Crippen LogP) is 0.479. The van der Waals surface area contributed by atoms with Crippen molar-refractivity contribution >= 4 is 15.8 Å². The Balaban J connectivity index is 1.77. The molecule has 2 aromatic rings. The largest absolute Gasteiger partial charge is 0.355 e. The summed E-state index contributed by atoms with van der Waals surface area (Å²) in [6.45, 7) is 3.65. The van der Waals surface area contributed by atoms with Crippen LogP contribution in [0.25, 0.3) is 0 Å². The summed E-state index contributed by atoms with van der Waals surface area (Å²) in [6, 6.07) is 8.44. The third-order valence-electron chi connectivity index (χ3n) is 3.65. The number of sulfone groups is 1. The van der Waals surface area contributed by atoms with E-state index in [0.717, 1.165) is 12.2 Å². The van der Waals surface area contributed by atoms with Crippen LogP contribution in [0.3, 0.4) is 0 Å². The molecule has 0 aliphatic heterocycles. The topological polar surface area (TPSA) is 101 Å². The first kappa shape index (κ1) is 18.9. The average Bonchev–Trinajstić information content (AvgIpc) is 3.08. The fourth-order valence-corrected chi connectivity index (χ4v) is 3.48. The molecule has 0 bridgehead atoms. The first-order valence-corrected chi connectivity index (χ1v) is 9.81. The highest BCUT2D eigenvalue weighted by atomic mass is 32.2. The van der Waals surface area contributed by atoms with Crippen LogP contribution in [0, 0.1) is 0 Å². The van der Waals surface area contributed by atoms with Crippen LogP contribution in [0.4, 0.5) is 0 Å². The number of nitrogens with zero attached hydrogens (tertiary/aromatic N) is 4. The van der Waals surface area contributed by atoms with Gasteiger partial charge >= 0.3 is 0 Å². The predicted molar refractivity (Wildman–Crippen MR) is 97.3 cm³/mol. The number of aromatic nitrogens is 3. The van der Waals surface area contributed by atoms with Gasteiger partial charge in [0.25, 0.3) is 0 Å². The summed E-state index contributed by atoms with van der Waals surface area (Å²) in [4.78, 5) is 4.43. The molecule has 1 heterocycles. The van der Waals surface area contributed by atoms with Gasteiger partial charge in [-0.25, -0.2) is 8.42 Å². The molecule has 0 unspecified atom stereocenters. The minimum Gasteiger partial charge on any atom is -0.355 e.